The van der Waals surface area contributed by atoms with Crippen molar-refractivity contribution >= 4 is 11.6 Å². The smallest absolute Gasteiger partial charge is 0.122 e. The van der Waals surface area contributed by atoms with Crippen molar-refractivity contribution in [2.45, 2.75) is 19.3 Å². The Hall–Kier alpha value is -1.51. The molecule has 106 valence electrons. The van der Waals surface area contributed by atoms with E-state index in [4.69, 9.17) is 22.1 Å². The second-order valence-corrected chi connectivity index (χ2v) is 5.45. The minimum absolute atomic E-state index is 0.200. The molecule has 2 nitrogen and oxygen atoms in total. The summed E-state index contributed by atoms with van der Waals surface area (Å²) in [7, 11) is 1.67. The number of hydrogen-bond acceptors (Lipinski definition) is 2. The van der Waals surface area contributed by atoms with Gasteiger partial charge in [0.15, 0.2) is 0 Å². The van der Waals surface area contributed by atoms with Crippen LogP contribution in [0.3, 0.4) is 0 Å². The normalized spacial score (nSPS) is 12.2. The summed E-state index contributed by atoms with van der Waals surface area (Å²) < 4.78 is 5.43. The first kappa shape index (κ1) is 14.9. The highest BCUT2D eigenvalue weighted by Gasteiger charge is 2.16. The van der Waals surface area contributed by atoms with Crippen LogP contribution >= 0.6 is 11.6 Å². The van der Waals surface area contributed by atoms with Gasteiger partial charge in [0.1, 0.15) is 5.75 Å². The molecule has 0 heterocycles. The third-order valence-corrected chi connectivity index (χ3v) is 3.75. The van der Waals surface area contributed by atoms with Gasteiger partial charge in [-0.05, 0) is 43.7 Å². The van der Waals surface area contributed by atoms with Crippen LogP contribution in [0.25, 0.3) is 0 Å². The van der Waals surface area contributed by atoms with Crippen LogP contribution in [-0.4, -0.2) is 13.7 Å². The second kappa shape index (κ2) is 6.78. The summed E-state index contributed by atoms with van der Waals surface area (Å²) in [6, 6.07) is 14.2. The summed E-state index contributed by atoms with van der Waals surface area (Å²) in [6.07, 6.45) is 0.882. The number of benzene rings is 2. The van der Waals surface area contributed by atoms with Gasteiger partial charge in [0, 0.05) is 16.5 Å². The third-order valence-electron chi connectivity index (χ3n) is 3.52. The van der Waals surface area contributed by atoms with E-state index in [1.165, 1.54) is 11.1 Å². The van der Waals surface area contributed by atoms with Crippen LogP contribution in [-0.2, 0) is 6.42 Å². The van der Waals surface area contributed by atoms with Crippen LogP contribution in [0.1, 0.15) is 22.6 Å². The molecule has 2 aromatic rings. The van der Waals surface area contributed by atoms with Crippen molar-refractivity contribution in [1.82, 2.24) is 0 Å². The van der Waals surface area contributed by atoms with E-state index in [9.17, 15) is 0 Å². The highest BCUT2D eigenvalue weighted by atomic mass is 35.5. The Kier molecular flexibility index (Phi) is 5.05. The lowest BCUT2D eigenvalue weighted by Crippen LogP contribution is -2.16. The number of halogens is 1. The molecule has 0 spiro atoms. The molecule has 0 aromatic heterocycles. The molecule has 0 aliphatic rings. The van der Waals surface area contributed by atoms with Gasteiger partial charge in [-0.25, -0.2) is 0 Å². The molecule has 0 bridgehead atoms. The Morgan fingerprint density at radius 2 is 1.85 bits per heavy atom. The summed E-state index contributed by atoms with van der Waals surface area (Å²) in [5.74, 6) is 1.04. The molecule has 2 rings (SSSR count). The van der Waals surface area contributed by atoms with E-state index in [1.54, 1.807) is 7.11 Å². The van der Waals surface area contributed by atoms with Crippen LogP contribution < -0.4 is 10.5 Å². The Bertz CT molecular complexity index is 566. The van der Waals surface area contributed by atoms with Gasteiger partial charge in [0.2, 0.25) is 0 Å². The average molecular weight is 290 g/mol. The number of hydrogen-bond donors (Lipinski definition) is 1. The third kappa shape index (κ3) is 3.53. The van der Waals surface area contributed by atoms with E-state index in [2.05, 4.69) is 31.2 Å². The van der Waals surface area contributed by atoms with Crippen molar-refractivity contribution in [3.05, 3.63) is 64.2 Å². The lowest BCUT2D eigenvalue weighted by molar-refractivity contribution is 0.405. The molecule has 0 aliphatic carbocycles. The molecule has 3 heteroatoms. The second-order valence-electron chi connectivity index (χ2n) is 5.01. The van der Waals surface area contributed by atoms with Crippen LogP contribution in [0.4, 0.5) is 0 Å². The number of methoxy groups -OCH3 is 1. The van der Waals surface area contributed by atoms with Crippen LogP contribution in [0, 0.1) is 6.92 Å². The summed E-state index contributed by atoms with van der Waals surface area (Å²) >= 11 is 6.10. The molecule has 0 fully saturated rings. The van der Waals surface area contributed by atoms with E-state index < -0.39 is 0 Å². The van der Waals surface area contributed by atoms with E-state index in [1.807, 2.05) is 18.2 Å². The Labute approximate surface area is 125 Å². The molecule has 0 saturated carbocycles. The first-order chi connectivity index (χ1) is 9.63. The largest absolute Gasteiger partial charge is 0.496 e. The summed E-state index contributed by atoms with van der Waals surface area (Å²) in [5.41, 5.74) is 9.56. The molecule has 1 atom stereocenters. The molecule has 0 radical (unpaired) electrons. The van der Waals surface area contributed by atoms with E-state index >= 15 is 0 Å². The maximum Gasteiger partial charge on any atom is 0.122 e. The zero-order chi connectivity index (χ0) is 14.5. The van der Waals surface area contributed by atoms with Crippen molar-refractivity contribution in [3.8, 4) is 5.75 Å². The van der Waals surface area contributed by atoms with E-state index in [0.717, 1.165) is 17.7 Å². The molecule has 20 heavy (non-hydrogen) atoms. The van der Waals surface area contributed by atoms with Gasteiger partial charge in [-0.3, -0.25) is 0 Å². The maximum absolute atomic E-state index is 6.10. The SMILES string of the molecule is COc1ccc(Cl)cc1C(CN)Cc1ccc(C)cc1. The quantitative estimate of drug-likeness (QED) is 0.905. The molecule has 2 aromatic carbocycles. The zero-order valence-electron chi connectivity index (χ0n) is 11.9. The van der Waals surface area contributed by atoms with Gasteiger partial charge in [-0.1, -0.05) is 41.4 Å². The van der Waals surface area contributed by atoms with Crippen LogP contribution in [0.5, 0.6) is 5.75 Å². The highest BCUT2D eigenvalue weighted by molar-refractivity contribution is 6.30. The maximum atomic E-state index is 6.10. The fourth-order valence-electron chi connectivity index (χ4n) is 2.35. The standard InChI is InChI=1S/C17H20ClNO/c1-12-3-5-13(6-4-12)9-14(11-19)16-10-15(18)7-8-17(16)20-2/h3-8,10,14H,9,11,19H2,1-2H3. The van der Waals surface area contributed by atoms with Crippen molar-refractivity contribution in [2.75, 3.05) is 13.7 Å². The molecule has 0 saturated heterocycles. The minimum Gasteiger partial charge on any atom is -0.496 e. The molecule has 0 aliphatic heterocycles. The fourth-order valence-corrected chi connectivity index (χ4v) is 2.53. The van der Waals surface area contributed by atoms with E-state index in [-0.39, 0.29) is 5.92 Å². The molecule has 2 N–H and O–H groups in total. The Morgan fingerprint density at radius 3 is 2.45 bits per heavy atom. The van der Waals surface area contributed by atoms with Crippen molar-refractivity contribution in [1.29, 1.82) is 0 Å². The fraction of sp³-hybridized carbons (Fsp3) is 0.294. The van der Waals surface area contributed by atoms with Crippen LogP contribution in [0.2, 0.25) is 5.02 Å². The van der Waals surface area contributed by atoms with Gasteiger partial charge in [-0.15, -0.1) is 0 Å². The monoisotopic (exact) mass is 289 g/mol. The zero-order valence-corrected chi connectivity index (χ0v) is 12.7. The Morgan fingerprint density at radius 1 is 1.15 bits per heavy atom. The molecule has 0 amide bonds. The van der Waals surface area contributed by atoms with Gasteiger partial charge in [-0.2, -0.15) is 0 Å². The van der Waals surface area contributed by atoms with Gasteiger partial charge in [0.05, 0.1) is 7.11 Å². The number of ether oxygens (including phenoxy) is 1. The van der Waals surface area contributed by atoms with Crippen molar-refractivity contribution in [2.24, 2.45) is 5.73 Å². The van der Waals surface area contributed by atoms with E-state index in [0.29, 0.717) is 11.6 Å². The topological polar surface area (TPSA) is 35.2 Å². The summed E-state index contributed by atoms with van der Waals surface area (Å²) in [6.45, 7) is 2.65. The lowest BCUT2D eigenvalue weighted by atomic mass is 9.91. The van der Waals surface area contributed by atoms with Gasteiger partial charge in [0.25, 0.3) is 0 Å². The lowest BCUT2D eigenvalue weighted by Gasteiger charge is -2.19. The molecule has 1 unspecified atom stereocenters. The number of rotatable bonds is 5. The predicted octanol–water partition coefficient (Wildman–Crippen LogP) is 3.94. The molecular weight excluding hydrogens is 270 g/mol. The first-order valence-corrected chi connectivity index (χ1v) is 7.11. The number of aryl methyl sites for hydroxylation is 1. The summed E-state index contributed by atoms with van der Waals surface area (Å²) in [5, 5.41) is 0.711. The highest BCUT2D eigenvalue weighted by Crippen LogP contribution is 2.31. The predicted molar refractivity (Wildman–Crippen MR) is 84.7 cm³/mol. The molecular formula is C17H20ClNO. The number of nitrogens with two attached hydrogens (primary N) is 1. The van der Waals surface area contributed by atoms with Gasteiger partial charge < -0.3 is 10.5 Å². The Balaban J connectivity index is 2.28. The van der Waals surface area contributed by atoms with Gasteiger partial charge >= 0.3 is 0 Å². The van der Waals surface area contributed by atoms with Crippen molar-refractivity contribution in [3.63, 3.8) is 0 Å². The first-order valence-electron chi connectivity index (χ1n) is 6.73. The van der Waals surface area contributed by atoms with Crippen molar-refractivity contribution < 1.29 is 4.74 Å². The average Bonchev–Trinajstić information content (AvgIpc) is 2.46. The van der Waals surface area contributed by atoms with Crippen LogP contribution in [0.15, 0.2) is 42.5 Å². The summed E-state index contributed by atoms with van der Waals surface area (Å²) in [4.78, 5) is 0. The minimum atomic E-state index is 0.200.